The monoisotopic (exact) mass is 550 g/mol. The van der Waals surface area contributed by atoms with Crippen LogP contribution >= 0.6 is 0 Å². The zero-order chi connectivity index (χ0) is 27.9. The second-order valence-corrected chi connectivity index (χ2v) is 11.4. The number of nitrogens with zero attached hydrogens (tertiary/aromatic N) is 2. The molecule has 1 saturated heterocycles. The summed E-state index contributed by atoms with van der Waals surface area (Å²) in [6, 6.07) is 11.8. The van der Waals surface area contributed by atoms with Gasteiger partial charge in [0.2, 0.25) is 0 Å². The van der Waals surface area contributed by atoms with Crippen molar-refractivity contribution in [1.29, 1.82) is 0 Å². The van der Waals surface area contributed by atoms with E-state index in [1.165, 1.54) is 19.9 Å². The normalized spacial score (nSPS) is 21.1. The lowest BCUT2D eigenvalue weighted by Gasteiger charge is -2.43. The van der Waals surface area contributed by atoms with Crippen LogP contribution in [0.4, 0.5) is 27.6 Å². The van der Waals surface area contributed by atoms with Crippen molar-refractivity contribution in [2.24, 2.45) is 0 Å². The summed E-state index contributed by atoms with van der Waals surface area (Å²) in [6.45, 7) is 6.64. The summed E-state index contributed by atoms with van der Waals surface area (Å²) >= 11 is 0. The van der Waals surface area contributed by atoms with Crippen LogP contribution in [0.3, 0.4) is 0 Å². The van der Waals surface area contributed by atoms with E-state index in [4.69, 9.17) is 0 Å². The average molecular weight is 551 g/mol. The van der Waals surface area contributed by atoms with E-state index in [1.54, 1.807) is 12.1 Å². The smallest absolute Gasteiger partial charge is 0.405 e. The highest BCUT2D eigenvalue weighted by Gasteiger charge is 2.41. The lowest BCUT2D eigenvalue weighted by Crippen LogP contribution is -2.54. The molecular weight excluding hydrogens is 515 g/mol. The maximum Gasteiger partial charge on any atom is 0.573 e. The zero-order valence-corrected chi connectivity index (χ0v) is 22.4. The molecule has 0 unspecified atom stereocenters. The molecule has 0 spiro atoms. The van der Waals surface area contributed by atoms with Crippen LogP contribution in [0.15, 0.2) is 42.5 Å². The largest absolute Gasteiger partial charge is 0.573 e. The number of para-hydroxylation sites is 1. The minimum Gasteiger partial charge on any atom is -0.405 e. The topological polar surface area (TPSA) is 43.5 Å². The first-order chi connectivity index (χ1) is 18.4. The number of benzene rings is 2. The number of likely N-dealkylation sites (tertiary alicyclic amines) is 1. The van der Waals surface area contributed by atoms with Gasteiger partial charge in [-0.3, -0.25) is 14.2 Å². The summed E-state index contributed by atoms with van der Waals surface area (Å²) in [4.78, 5) is 7.45. The number of ether oxygens (including phenoxy) is 1. The number of aromatic nitrogens is 1. The molecule has 2 aliphatic heterocycles. The first-order valence-corrected chi connectivity index (χ1v) is 13.4. The molecule has 0 aliphatic carbocycles. The van der Waals surface area contributed by atoms with E-state index in [2.05, 4.69) is 19.9 Å². The molecule has 2 aliphatic rings. The number of fused-ring (bicyclic) bond motifs is 3. The third kappa shape index (κ3) is 6.17. The lowest BCUT2D eigenvalue weighted by molar-refractivity contribution is -0.275. The highest BCUT2D eigenvalue weighted by atomic mass is 19.4. The van der Waals surface area contributed by atoms with Crippen LogP contribution in [0, 0.1) is 0 Å². The van der Waals surface area contributed by atoms with Crippen LogP contribution in [0.2, 0.25) is 0 Å². The van der Waals surface area contributed by atoms with E-state index in [-0.39, 0.29) is 31.1 Å². The summed E-state index contributed by atoms with van der Waals surface area (Å²) in [5.41, 5.74) is 1.93. The van der Waals surface area contributed by atoms with Crippen LogP contribution in [-0.4, -0.2) is 71.8 Å². The fourth-order valence-corrected chi connectivity index (χ4v) is 5.95. The van der Waals surface area contributed by atoms with Crippen molar-refractivity contribution in [3.05, 3.63) is 59.3 Å². The molecule has 0 radical (unpaired) electrons. The fraction of sp³-hybridized carbons (Fsp3) is 0.517. The molecule has 10 heteroatoms. The summed E-state index contributed by atoms with van der Waals surface area (Å²) in [6.07, 6.45) is -3.80. The molecule has 39 heavy (non-hydrogen) atoms. The highest BCUT2D eigenvalue weighted by Crippen LogP contribution is 2.45. The number of hydrogen-bond donors (Lipinski definition) is 2. The SMILES string of the molecule is C[C@@H]1Cc2c([nH]c3ccccc23)[C@@H](c2ccc(NC3CN(CCCF)C3)cc2OC(F)(F)F)N1CC(C)(C)F. The van der Waals surface area contributed by atoms with Crippen molar-refractivity contribution in [3.8, 4) is 5.75 Å². The first kappa shape index (κ1) is 27.7. The second-order valence-electron chi connectivity index (χ2n) is 11.4. The van der Waals surface area contributed by atoms with Gasteiger partial charge in [0.05, 0.1) is 18.8 Å². The molecule has 5 rings (SSSR count). The number of anilines is 1. The number of alkyl halides is 5. The molecule has 0 amide bonds. The molecule has 2 N–H and O–H groups in total. The van der Waals surface area contributed by atoms with Gasteiger partial charge in [0.25, 0.3) is 0 Å². The van der Waals surface area contributed by atoms with Gasteiger partial charge in [-0.25, -0.2) is 4.39 Å². The summed E-state index contributed by atoms with van der Waals surface area (Å²) in [5.74, 6) is -0.313. The molecule has 0 bridgehead atoms. The van der Waals surface area contributed by atoms with Gasteiger partial charge in [-0.15, -0.1) is 13.2 Å². The Morgan fingerprint density at radius 1 is 1.08 bits per heavy atom. The number of H-pyrrole nitrogens is 1. The number of rotatable bonds is 9. The highest BCUT2D eigenvalue weighted by molar-refractivity contribution is 5.85. The van der Waals surface area contributed by atoms with Gasteiger partial charge >= 0.3 is 6.36 Å². The van der Waals surface area contributed by atoms with Gasteiger partial charge < -0.3 is 15.0 Å². The molecule has 2 aromatic carbocycles. The van der Waals surface area contributed by atoms with E-state index in [0.717, 1.165) is 22.2 Å². The Morgan fingerprint density at radius 3 is 2.51 bits per heavy atom. The molecule has 0 saturated carbocycles. The van der Waals surface area contributed by atoms with Crippen molar-refractivity contribution < 1.29 is 26.7 Å². The maximum absolute atomic E-state index is 15.1. The number of nitrogens with one attached hydrogen (secondary N) is 2. The first-order valence-electron chi connectivity index (χ1n) is 13.4. The van der Waals surface area contributed by atoms with Crippen molar-refractivity contribution in [3.63, 3.8) is 0 Å². The molecule has 3 heterocycles. The Labute approximate surface area is 225 Å². The quantitative estimate of drug-likeness (QED) is 0.295. The second kappa shape index (κ2) is 10.6. The van der Waals surface area contributed by atoms with E-state index in [1.807, 2.05) is 36.1 Å². The number of aromatic amines is 1. The Hall–Kier alpha value is -2.85. The van der Waals surface area contributed by atoms with Crippen molar-refractivity contribution in [2.45, 2.75) is 63.8 Å². The third-order valence-corrected chi connectivity index (χ3v) is 7.55. The predicted molar refractivity (Wildman–Crippen MR) is 143 cm³/mol. The van der Waals surface area contributed by atoms with Gasteiger partial charge in [0, 0.05) is 66.1 Å². The predicted octanol–water partition coefficient (Wildman–Crippen LogP) is 6.61. The van der Waals surface area contributed by atoms with Crippen molar-refractivity contribution in [1.82, 2.24) is 14.8 Å². The van der Waals surface area contributed by atoms with E-state index < -0.39 is 18.1 Å². The van der Waals surface area contributed by atoms with Crippen molar-refractivity contribution in [2.75, 3.05) is 38.2 Å². The van der Waals surface area contributed by atoms with Crippen LogP contribution in [0.25, 0.3) is 10.9 Å². The minimum absolute atomic E-state index is 0.0376. The summed E-state index contributed by atoms with van der Waals surface area (Å²) < 4.78 is 73.1. The van der Waals surface area contributed by atoms with Gasteiger partial charge in [-0.1, -0.05) is 24.3 Å². The van der Waals surface area contributed by atoms with Crippen LogP contribution < -0.4 is 10.1 Å². The molecule has 3 aromatic rings. The number of halogens is 5. The van der Waals surface area contributed by atoms with Crippen molar-refractivity contribution >= 4 is 16.6 Å². The van der Waals surface area contributed by atoms with Gasteiger partial charge in [-0.05, 0) is 51.3 Å². The Morgan fingerprint density at radius 2 is 1.82 bits per heavy atom. The van der Waals surface area contributed by atoms with Crippen LogP contribution in [-0.2, 0) is 6.42 Å². The summed E-state index contributed by atoms with van der Waals surface area (Å²) in [5, 5.41) is 4.29. The molecule has 2 atom stereocenters. The maximum atomic E-state index is 15.1. The molecular formula is C29H35F5N4O. The van der Waals surface area contributed by atoms with E-state index >= 15 is 4.39 Å². The van der Waals surface area contributed by atoms with Gasteiger partial charge in [0.15, 0.2) is 0 Å². The molecule has 212 valence electrons. The number of hydrogen-bond acceptors (Lipinski definition) is 4. The van der Waals surface area contributed by atoms with Gasteiger partial charge in [0.1, 0.15) is 11.4 Å². The molecule has 1 aromatic heterocycles. The van der Waals surface area contributed by atoms with Gasteiger partial charge in [-0.2, -0.15) is 0 Å². The minimum atomic E-state index is -4.90. The van der Waals surface area contributed by atoms with E-state index in [9.17, 15) is 17.6 Å². The molecule has 5 nitrogen and oxygen atoms in total. The van der Waals surface area contributed by atoms with Crippen LogP contribution in [0.5, 0.6) is 5.75 Å². The fourth-order valence-electron chi connectivity index (χ4n) is 5.95. The van der Waals surface area contributed by atoms with E-state index in [0.29, 0.717) is 43.7 Å². The Balaban J connectivity index is 1.54. The Bertz CT molecular complexity index is 1300. The molecule has 1 fully saturated rings. The average Bonchev–Trinajstić information content (AvgIpc) is 3.18. The zero-order valence-electron chi connectivity index (χ0n) is 22.4. The third-order valence-electron chi connectivity index (χ3n) is 7.55. The van der Waals surface area contributed by atoms with Crippen LogP contribution in [0.1, 0.15) is 50.1 Å². The Kier molecular flexibility index (Phi) is 7.54. The standard InChI is InChI=1S/C29H35F5N4O/c1-18-13-23-21-7-4-5-8-24(21)36-26(23)27(38(18)17-28(2,3)31)22-10-9-19(14-25(22)39-29(32,33)34)35-20-15-37(16-20)12-6-11-30/h4-5,7-10,14,18,20,27,35-36H,6,11-13,15-17H2,1-3H3/t18-,27-/m1/s1. The summed E-state index contributed by atoms with van der Waals surface area (Å²) in [7, 11) is 0. The lowest BCUT2D eigenvalue weighted by atomic mass is 9.87.